The molecule has 51 heavy (non-hydrogen) atoms. The standard InChI is InChI=1S/C38H40ClN5O6S/c1-4-41-13-12-27-20-33(42-15-17-50-18-16-42)35(21-32(27)41)51(48,49)23-34(46)28-9-10-31(44-24(2)36(39)37(40-44)25(3)45)30(19-28)38(47)43-14-11-26-7-5-6-8-29(26)22-43/h5-10,19-21H,4,11-18,22-23H2,1-3H3. The highest BCUT2D eigenvalue weighted by Gasteiger charge is 2.32. The Morgan fingerprint density at radius 1 is 0.882 bits per heavy atom. The fourth-order valence-electron chi connectivity index (χ4n) is 7.28. The van der Waals surface area contributed by atoms with Crippen molar-refractivity contribution in [1.29, 1.82) is 0 Å². The number of carbonyl (C=O) groups is 3. The Kier molecular flexibility index (Phi) is 9.51. The Balaban J connectivity index is 1.27. The maximum atomic E-state index is 14.3. The molecular weight excluding hydrogens is 690 g/mol. The molecule has 0 N–H and O–H groups in total. The van der Waals surface area contributed by atoms with E-state index in [1.54, 1.807) is 24.0 Å². The lowest BCUT2D eigenvalue weighted by molar-refractivity contribution is 0.0734. The number of anilines is 2. The predicted octanol–water partition coefficient (Wildman–Crippen LogP) is 5.11. The predicted molar refractivity (Wildman–Crippen MR) is 196 cm³/mol. The topological polar surface area (TPSA) is 122 Å². The molecule has 0 atom stereocenters. The van der Waals surface area contributed by atoms with Crippen LogP contribution in [0.5, 0.6) is 0 Å². The first-order chi connectivity index (χ1) is 24.5. The summed E-state index contributed by atoms with van der Waals surface area (Å²) < 4.78 is 35.5. The number of fused-ring (bicyclic) bond motifs is 2. The van der Waals surface area contributed by atoms with Crippen molar-refractivity contribution >= 4 is 50.3 Å². The average molecular weight is 730 g/mol. The van der Waals surface area contributed by atoms with Gasteiger partial charge in [-0.2, -0.15) is 5.10 Å². The summed E-state index contributed by atoms with van der Waals surface area (Å²) >= 11 is 6.50. The minimum absolute atomic E-state index is 0.0674. The molecule has 13 heteroatoms. The maximum absolute atomic E-state index is 14.3. The van der Waals surface area contributed by atoms with Gasteiger partial charge in [-0.15, -0.1) is 0 Å². The third-order valence-corrected chi connectivity index (χ3v) is 12.2. The molecule has 0 aliphatic carbocycles. The molecule has 1 aromatic heterocycles. The molecule has 0 saturated carbocycles. The van der Waals surface area contributed by atoms with Crippen molar-refractivity contribution in [1.82, 2.24) is 14.7 Å². The number of likely N-dealkylation sites (N-methyl/N-ethyl adjacent to an activating group) is 1. The summed E-state index contributed by atoms with van der Waals surface area (Å²) in [5.41, 5.74) is 5.83. The highest BCUT2D eigenvalue weighted by molar-refractivity contribution is 7.92. The van der Waals surface area contributed by atoms with E-state index >= 15 is 0 Å². The summed E-state index contributed by atoms with van der Waals surface area (Å²) in [6.07, 6.45) is 1.48. The van der Waals surface area contributed by atoms with Crippen LogP contribution in [0.4, 0.5) is 11.4 Å². The quantitative estimate of drug-likeness (QED) is 0.217. The number of nitrogens with zero attached hydrogens (tertiary/aromatic N) is 5. The Morgan fingerprint density at radius 3 is 2.31 bits per heavy atom. The van der Waals surface area contributed by atoms with E-state index < -0.39 is 21.4 Å². The first kappa shape index (κ1) is 34.9. The lowest BCUT2D eigenvalue weighted by Crippen LogP contribution is -2.37. The number of aromatic nitrogens is 2. The molecule has 3 aromatic carbocycles. The smallest absolute Gasteiger partial charge is 0.256 e. The van der Waals surface area contributed by atoms with Gasteiger partial charge in [0.2, 0.25) is 0 Å². The first-order valence-corrected chi connectivity index (χ1v) is 19.3. The Labute approximate surface area is 302 Å². The zero-order chi connectivity index (χ0) is 36.0. The van der Waals surface area contributed by atoms with Gasteiger partial charge in [-0.1, -0.05) is 35.9 Å². The van der Waals surface area contributed by atoms with E-state index in [-0.39, 0.29) is 38.4 Å². The number of ketones is 2. The minimum atomic E-state index is -4.14. The number of rotatable bonds is 9. The largest absolute Gasteiger partial charge is 0.378 e. The second-order valence-electron chi connectivity index (χ2n) is 13.3. The van der Waals surface area contributed by atoms with Gasteiger partial charge in [0.05, 0.1) is 45.8 Å². The molecule has 0 bridgehead atoms. The summed E-state index contributed by atoms with van der Waals surface area (Å²) in [7, 11) is -4.14. The van der Waals surface area contributed by atoms with Crippen LogP contribution in [-0.4, -0.2) is 92.3 Å². The molecule has 1 fully saturated rings. The van der Waals surface area contributed by atoms with Crippen molar-refractivity contribution in [2.75, 3.05) is 61.5 Å². The van der Waals surface area contributed by atoms with Gasteiger partial charge >= 0.3 is 0 Å². The fourth-order valence-corrected chi connectivity index (χ4v) is 9.00. The van der Waals surface area contributed by atoms with Gasteiger partial charge in [0.15, 0.2) is 21.4 Å². The van der Waals surface area contributed by atoms with Gasteiger partial charge in [-0.25, -0.2) is 13.1 Å². The summed E-state index contributed by atoms with van der Waals surface area (Å²) in [6.45, 7) is 9.52. The van der Waals surface area contributed by atoms with Crippen LogP contribution in [0.3, 0.4) is 0 Å². The van der Waals surface area contributed by atoms with E-state index in [0.717, 1.165) is 36.3 Å². The Bertz CT molecular complexity index is 2170. The molecule has 1 amide bonds. The highest BCUT2D eigenvalue weighted by Crippen LogP contribution is 2.38. The van der Waals surface area contributed by atoms with Crippen molar-refractivity contribution < 1.29 is 27.5 Å². The number of hydrogen-bond acceptors (Lipinski definition) is 9. The van der Waals surface area contributed by atoms with Crippen molar-refractivity contribution in [3.05, 3.63) is 98.8 Å². The number of benzene rings is 3. The summed E-state index contributed by atoms with van der Waals surface area (Å²) in [4.78, 5) is 46.7. The van der Waals surface area contributed by atoms with Crippen LogP contribution in [0.15, 0.2) is 59.5 Å². The minimum Gasteiger partial charge on any atom is -0.378 e. The van der Waals surface area contributed by atoms with E-state index in [2.05, 4.69) is 10.00 Å². The second kappa shape index (κ2) is 13.9. The fraction of sp³-hybridized carbons (Fsp3) is 0.368. The van der Waals surface area contributed by atoms with E-state index in [1.807, 2.05) is 42.2 Å². The van der Waals surface area contributed by atoms with Crippen LogP contribution in [-0.2, 0) is 34.0 Å². The van der Waals surface area contributed by atoms with Crippen molar-refractivity contribution in [2.24, 2.45) is 0 Å². The average Bonchev–Trinajstić information content (AvgIpc) is 3.69. The molecule has 3 aliphatic heterocycles. The highest BCUT2D eigenvalue weighted by atomic mass is 35.5. The number of amides is 1. The lowest BCUT2D eigenvalue weighted by Gasteiger charge is -2.31. The number of morpholine rings is 1. The van der Waals surface area contributed by atoms with E-state index in [0.29, 0.717) is 62.9 Å². The van der Waals surface area contributed by atoms with Crippen LogP contribution in [0.25, 0.3) is 5.69 Å². The molecular formula is C38H40ClN5O6S. The SMILES string of the molecule is CCN1CCc2cc(N3CCOCC3)c(S(=O)(=O)CC(=O)c3ccc(-n4nc(C(C)=O)c(Cl)c4C)c(C(=O)N4CCc5ccccc5C4)c3)cc21. The maximum Gasteiger partial charge on any atom is 0.256 e. The van der Waals surface area contributed by atoms with Gasteiger partial charge in [0, 0.05) is 57.4 Å². The van der Waals surface area contributed by atoms with Crippen LogP contribution < -0.4 is 9.80 Å². The van der Waals surface area contributed by atoms with E-state index in [1.165, 1.54) is 29.3 Å². The normalized spacial score (nSPS) is 15.9. The first-order valence-electron chi connectivity index (χ1n) is 17.2. The molecule has 11 nitrogen and oxygen atoms in total. The number of ether oxygens (including phenoxy) is 1. The van der Waals surface area contributed by atoms with Crippen LogP contribution in [0, 0.1) is 6.92 Å². The number of hydrogen-bond donors (Lipinski definition) is 0. The van der Waals surface area contributed by atoms with Crippen molar-refractivity contribution in [3.63, 3.8) is 0 Å². The molecule has 0 spiro atoms. The number of halogens is 1. The number of Topliss-reactive ketones (excluding diaryl/α,β-unsaturated/α-hetero) is 2. The van der Waals surface area contributed by atoms with Gasteiger partial charge < -0.3 is 19.4 Å². The van der Waals surface area contributed by atoms with Gasteiger partial charge in [0.1, 0.15) is 11.4 Å². The third kappa shape index (κ3) is 6.56. The number of sulfone groups is 1. The molecule has 3 aliphatic rings. The van der Waals surface area contributed by atoms with E-state index in [9.17, 15) is 22.8 Å². The van der Waals surface area contributed by atoms with Crippen LogP contribution in [0.2, 0.25) is 5.02 Å². The number of carbonyl (C=O) groups excluding carboxylic acids is 3. The molecule has 1 saturated heterocycles. The van der Waals surface area contributed by atoms with Crippen molar-refractivity contribution in [2.45, 2.75) is 45.1 Å². The summed E-state index contributed by atoms with van der Waals surface area (Å²) in [6, 6.07) is 16.1. The molecule has 0 unspecified atom stereocenters. The zero-order valence-corrected chi connectivity index (χ0v) is 30.5. The second-order valence-corrected chi connectivity index (χ2v) is 15.6. The summed E-state index contributed by atoms with van der Waals surface area (Å²) in [5, 5.41) is 4.61. The van der Waals surface area contributed by atoms with Gasteiger partial charge in [-0.05, 0) is 73.7 Å². The lowest BCUT2D eigenvalue weighted by atomic mass is 9.98. The molecule has 0 radical (unpaired) electrons. The summed E-state index contributed by atoms with van der Waals surface area (Å²) in [5.74, 6) is -2.09. The Hall–Kier alpha value is -4.52. The van der Waals surface area contributed by atoms with Crippen molar-refractivity contribution in [3.8, 4) is 5.69 Å². The van der Waals surface area contributed by atoms with Gasteiger partial charge in [-0.3, -0.25) is 14.4 Å². The molecule has 4 heterocycles. The molecule has 266 valence electrons. The third-order valence-electron chi connectivity index (χ3n) is 10.1. The Morgan fingerprint density at radius 2 is 1.61 bits per heavy atom. The monoisotopic (exact) mass is 729 g/mol. The molecule has 7 rings (SSSR count). The zero-order valence-electron chi connectivity index (χ0n) is 28.9. The van der Waals surface area contributed by atoms with Gasteiger partial charge in [0.25, 0.3) is 5.91 Å². The molecule has 4 aromatic rings. The van der Waals surface area contributed by atoms with Crippen LogP contribution >= 0.6 is 11.6 Å². The van der Waals surface area contributed by atoms with E-state index in [4.69, 9.17) is 16.3 Å². The van der Waals surface area contributed by atoms with Crippen LogP contribution in [0.1, 0.15) is 67.4 Å².